The van der Waals surface area contributed by atoms with E-state index in [9.17, 15) is 4.79 Å². The van der Waals surface area contributed by atoms with Crippen molar-refractivity contribution in [3.05, 3.63) is 12.7 Å². The van der Waals surface area contributed by atoms with E-state index in [2.05, 4.69) is 6.58 Å². The van der Waals surface area contributed by atoms with E-state index in [0.29, 0.717) is 6.54 Å². The third-order valence-electron chi connectivity index (χ3n) is 2.38. The summed E-state index contributed by atoms with van der Waals surface area (Å²) in [7, 11) is 0. The summed E-state index contributed by atoms with van der Waals surface area (Å²) in [5.74, 6) is 0.0113. The van der Waals surface area contributed by atoms with Crippen LogP contribution < -0.4 is 0 Å². The molecule has 0 saturated carbocycles. The minimum Gasteiger partial charge on any atom is -0.371 e. The van der Waals surface area contributed by atoms with Crippen molar-refractivity contribution in [3.63, 3.8) is 0 Å². The van der Waals surface area contributed by atoms with Crippen molar-refractivity contribution < 1.29 is 9.53 Å². The van der Waals surface area contributed by atoms with E-state index < -0.39 is 0 Å². The highest BCUT2D eigenvalue weighted by Gasteiger charge is 2.26. The Bertz CT molecular complexity index is 242. The van der Waals surface area contributed by atoms with E-state index >= 15 is 0 Å². The van der Waals surface area contributed by atoms with Crippen LogP contribution in [0.1, 0.15) is 33.6 Å². The lowest BCUT2D eigenvalue weighted by Crippen LogP contribution is -2.44. The Morgan fingerprint density at radius 1 is 1.53 bits per heavy atom. The first kappa shape index (κ1) is 12.2. The van der Waals surface area contributed by atoms with Crippen molar-refractivity contribution in [2.45, 2.75) is 45.3 Å². The zero-order chi connectivity index (χ0) is 11.5. The predicted octanol–water partition coefficient (Wildman–Crippen LogP) is 1.98. The highest BCUT2D eigenvalue weighted by molar-refractivity contribution is 5.87. The van der Waals surface area contributed by atoms with Gasteiger partial charge in [-0.1, -0.05) is 6.58 Å². The molecule has 0 aromatic heterocycles. The Morgan fingerprint density at radius 3 is 2.73 bits per heavy atom. The quantitative estimate of drug-likeness (QED) is 0.654. The number of nitrogens with zero attached hydrogens (tertiary/aromatic N) is 1. The molecule has 3 heteroatoms. The molecule has 1 fully saturated rings. The van der Waals surface area contributed by atoms with E-state index in [1.807, 2.05) is 25.7 Å². The number of likely N-dealkylation sites (tertiary alicyclic amines) is 1. The minimum atomic E-state index is -0.134. The smallest absolute Gasteiger partial charge is 0.246 e. The molecule has 0 N–H and O–H groups in total. The standard InChI is InChI=1S/C12H21NO2/c1-5-11(14)13-8-6-7-10(9-13)15-12(2,3)4/h5,10H,1,6-9H2,2-4H3/t10-/m0/s1. The lowest BCUT2D eigenvalue weighted by Gasteiger charge is -2.35. The van der Waals surface area contributed by atoms with Crippen molar-refractivity contribution in [1.29, 1.82) is 0 Å². The number of carbonyl (C=O) groups is 1. The van der Waals surface area contributed by atoms with Gasteiger partial charge in [0.2, 0.25) is 5.91 Å². The fourth-order valence-corrected chi connectivity index (χ4v) is 1.86. The summed E-state index contributed by atoms with van der Waals surface area (Å²) in [6, 6.07) is 0. The van der Waals surface area contributed by atoms with Gasteiger partial charge < -0.3 is 9.64 Å². The highest BCUT2D eigenvalue weighted by atomic mass is 16.5. The second kappa shape index (κ2) is 4.79. The van der Waals surface area contributed by atoms with Gasteiger partial charge in [-0.15, -0.1) is 0 Å². The third kappa shape index (κ3) is 4.04. The summed E-state index contributed by atoms with van der Waals surface area (Å²) < 4.78 is 5.88. The van der Waals surface area contributed by atoms with Gasteiger partial charge in [-0.3, -0.25) is 4.79 Å². The molecule has 1 aliphatic rings. The molecule has 3 nitrogen and oxygen atoms in total. The maximum Gasteiger partial charge on any atom is 0.246 e. The number of piperidine rings is 1. The average molecular weight is 211 g/mol. The molecular weight excluding hydrogens is 190 g/mol. The van der Waals surface area contributed by atoms with Gasteiger partial charge in [-0.2, -0.15) is 0 Å². The van der Waals surface area contributed by atoms with Gasteiger partial charge in [0, 0.05) is 13.1 Å². The first-order chi connectivity index (χ1) is 6.92. The van der Waals surface area contributed by atoms with E-state index in [-0.39, 0.29) is 17.6 Å². The zero-order valence-corrected chi connectivity index (χ0v) is 9.95. The summed E-state index contributed by atoms with van der Waals surface area (Å²) in [6.07, 6.45) is 3.60. The predicted molar refractivity (Wildman–Crippen MR) is 60.6 cm³/mol. The number of rotatable bonds is 2. The second-order valence-electron chi connectivity index (χ2n) is 4.98. The van der Waals surface area contributed by atoms with Crippen molar-refractivity contribution in [2.24, 2.45) is 0 Å². The van der Waals surface area contributed by atoms with Crippen molar-refractivity contribution in [3.8, 4) is 0 Å². The van der Waals surface area contributed by atoms with Gasteiger partial charge in [0.1, 0.15) is 0 Å². The Hall–Kier alpha value is -0.830. The fourth-order valence-electron chi connectivity index (χ4n) is 1.86. The molecular formula is C12H21NO2. The van der Waals surface area contributed by atoms with Gasteiger partial charge in [0.05, 0.1) is 11.7 Å². The van der Waals surface area contributed by atoms with Crippen LogP contribution in [0.4, 0.5) is 0 Å². The van der Waals surface area contributed by atoms with E-state index in [0.717, 1.165) is 19.4 Å². The number of ether oxygens (including phenoxy) is 1. The van der Waals surface area contributed by atoms with Crippen LogP contribution in [0.5, 0.6) is 0 Å². The maximum absolute atomic E-state index is 11.4. The molecule has 1 rings (SSSR count). The molecule has 1 aliphatic heterocycles. The molecule has 0 aromatic carbocycles. The van der Waals surface area contributed by atoms with Gasteiger partial charge in [0.15, 0.2) is 0 Å². The van der Waals surface area contributed by atoms with Gasteiger partial charge >= 0.3 is 0 Å². The van der Waals surface area contributed by atoms with Gasteiger partial charge in [0.25, 0.3) is 0 Å². The summed E-state index contributed by atoms with van der Waals surface area (Å²) in [6.45, 7) is 11.2. The number of carbonyl (C=O) groups excluding carboxylic acids is 1. The Balaban J connectivity index is 2.49. The first-order valence-electron chi connectivity index (χ1n) is 5.51. The summed E-state index contributed by atoms with van der Waals surface area (Å²) >= 11 is 0. The van der Waals surface area contributed by atoms with Gasteiger partial charge in [-0.25, -0.2) is 0 Å². The van der Waals surface area contributed by atoms with Gasteiger partial charge in [-0.05, 0) is 39.7 Å². The molecule has 0 aromatic rings. The first-order valence-corrected chi connectivity index (χ1v) is 5.51. The normalized spacial score (nSPS) is 22.6. The largest absolute Gasteiger partial charge is 0.371 e. The minimum absolute atomic E-state index is 0.0113. The van der Waals surface area contributed by atoms with Crippen LogP contribution >= 0.6 is 0 Å². The van der Waals surface area contributed by atoms with Crippen LogP contribution in [-0.2, 0) is 9.53 Å². The molecule has 0 radical (unpaired) electrons. The summed E-state index contributed by atoms with van der Waals surface area (Å²) in [5, 5.41) is 0. The SMILES string of the molecule is C=CC(=O)N1CCC[C@H](OC(C)(C)C)C1. The molecule has 0 unspecified atom stereocenters. The maximum atomic E-state index is 11.4. The monoisotopic (exact) mass is 211 g/mol. The topological polar surface area (TPSA) is 29.5 Å². The molecule has 0 aliphatic carbocycles. The average Bonchev–Trinajstić information content (AvgIpc) is 2.14. The van der Waals surface area contributed by atoms with Crippen LogP contribution in [-0.4, -0.2) is 35.6 Å². The van der Waals surface area contributed by atoms with E-state index in [4.69, 9.17) is 4.74 Å². The molecule has 1 saturated heterocycles. The lowest BCUT2D eigenvalue weighted by molar-refractivity contribution is -0.134. The Kier molecular flexibility index (Phi) is 3.91. The molecule has 86 valence electrons. The summed E-state index contributed by atoms with van der Waals surface area (Å²) in [5.41, 5.74) is -0.134. The van der Waals surface area contributed by atoms with E-state index in [1.165, 1.54) is 6.08 Å². The highest BCUT2D eigenvalue weighted by Crippen LogP contribution is 2.19. The van der Waals surface area contributed by atoms with Crippen molar-refractivity contribution in [1.82, 2.24) is 4.90 Å². The number of amides is 1. The second-order valence-corrected chi connectivity index (χ2v) is 4.98. The van der Waals surface area contributed by atoms with E-state index in [1.54, 1.807) is 0 Å². The molecule has 1 atom stereocenters. The third-order valence-corrected chi connectivity index (χ3v) is 2.38. The zero-order valence-electron chi connectivity index (χ0n) is 9.95. The lowest BCUT2D eigenvalue weighted by atomic mass is 10.1. The number of hydrogen-bond acceptors (Lipinski definition) is 2. The summed E-state index contributed by atoms with van der Waals surface area (Å²) in [4.78, 5) is 13.2. The molecule has 15 heavy (non-hydrogen) atoms. The number of hydrogen-bond donors (Lipinski definition) is 0. The van der Waals surface area contributed by atoms with Crippen LogP contribution in [0.25, 0.3) is 0 Å². The fraction of sp³-hybridized carbons (Fsp3) is 0.750. The van der Waals surface area contributed by atoms with Crippen LogP contribution in [0.3, 0.4) is 0 Å². The van der Waals surface area contributed by atoms with Crippen molar-refractivity contribution in [2.75, 3.05) is 13.1 Å². The molecule has 1 amide bonds. The van der Waals surface area contributed by atoms with Crippen LogP contribution in [0, 0.1) is 0 Å². The molecule has 1 heterocycles. The Morgan fingerprint density at radius 2 is 2.20 bits per heavy atom. The Labute approximate surface area is 92.1 Å². The van der Waals surface area contributed by atoms with Crippen LogP contribution in [0.2, 0.25) is 0 Å². The molecule has 0 spiro atoms. The van der Waals surface area contributed by atoms with Crippen LogP contribution in [0.15, 0.2) is 12.7 Å². The molecule has 0 bridgehead atoms. The van der Waals surface area contributed by atoms with Crippen molar-refractivity contribution >= 4 is 5.91 Å².